The number of hydrogen-bond acceptors (Lipinski definition) is 5. The van der Waals surface area contributed by atoms with Crippen LogP contribution in [0.4, 0.5) is 0 Å². The number of hydrogen-bond donors (Lipinski definition) is 0. The Morgan fingerprint density at radius 3 is 1.84 bits per heavy atom. The van der Waals surface area contributed by atoms with E-state index in [0.717, 1.165) is 28.5 Å². The topological polar surface area (TPSA) is 78.5 Å². The van der Waals surface area contributed by atoms with Gasteiger partial charge in [-0.1, -0.05) is 72.8 Å². The smallest absolute Gasteiger partial charge is 0.210 e. The minimum atomic E-state index is -0.839. The normalized spacial score (nSPS) is 12.6. The maximum absolute atomic E-state index is 13.8. The Balaban J connectivity index is 1.66. The number of fused-ring (bicyclic) bond motifs is 2. The van der Waals surface area contributed by atoms with Crippen molar-refractivity contribution >= 4 is 27.9 Å². The summed E-state index contributed by atoms with van der Waals surface area (Å²) in [6.45, 7) is 4.34. The average Bonchev–Trinajstić information content (AvgIpc) is 3.44. The summed E-state index contributed by atoms with van der Waals surface area (Å²) < 4.78 is 3.25. The SMILES string of the molecule is CCC(C)c1ccc(C(=O)C(n2nnc3ccccc32)n2nnc3ccccc32)cc1. The number of Topliss-reactive ketones (excluding diaryl/α,β-unsaturated/α-hetero) is 1. The number of carbonyl (C=O) groups excluding carboxylic acids is 1. The average molecular weight is 410 g/mol. The summed E-state index contributed by atoms with van der Waals surface area (Å²) in [5.41, 5.74) is 4.77. The van der Waals surface area contributed by atoms with Crippen molar-refractivity contribution in [2.45, 2.75) is 32.4 Å². The molecule has 0 spiro atoms. The molecule has 2 heterocycles. The van der Waals surface area contributed by atoms with Crippen molar-refractivity contribution in [1.82, 2.24) is 30.0 Å². The van der Waals surface area contributed by atoms with Crippen LogP contribution >= 0.6 is 0 Å². The number of rotatable bonds is 6. The Labute approximate surface area is 179 Å². The third-order valence-corrected chi connectivity index (χ3v) is 5.83. The maximum Gasteiger partial charge on any atom is 0.210 e. The second-order valence-corrected chi connectivity index (χ2v) is 7.71. The van der Waals surface area contributed by atoms with Crippen LogP contribution in [-0.4, -0.2) is 35.8 Å². The highest BCUT2D eigenvalue weighted by Crippen LogP contribution is 2.25. The van der Waals surface area contributed by atoms with Crippen molar-refractivity contribution in [3.63, 3.8) is 0 Å². The highest BCUT2D eigenvalue weighted by Gasteiger charge is 2.29. The predicted octanol–water partition coefficient (Wildman–Crippen LogP) is 4.62. The maximum atomic E-state index is 13.8. The van der Waals surface area contributed by atoms with E-state index in [2.05, 4.69) is 34.5 Å². The number of aromatic nitrogens is 6. The second-order valence-electron chi connectivity index (χ2n) is 7.71. The zero-order valence-corrected chi connectivity index (χ0v) is 17.4. The highest BCUT2D eigenvalue weighted by atomic mass is 16.1. The molecule has 2 aromatic heterocycles. The molecule has 0 saturated heterocycles. The van der Waals surface area contributed by atoms with Gasteiger partial charge in [-0.15, -0.1) is 10.2 Å². The van der Waals surface area contributed by atoms with Crippen LogP contribution in [0, 0.1) is 0 Å². The number of ketones is 1. The highest BCUT2D eigenvalue weighted by molar-refractivity contribution is 6.00. The number of nitrogens with zero attached hydrogens (tertiary/aromatic N) is 6. The van der Waals surface area contributed by atoms with Gasteiger partial charge >= 0.3 is 0 Å². The van der Waals surface area contributed by atoms with E-state index in [1.165, 1.54) is 5.56 Å². The first-order chi connectivity index (χ1) is 15.2. The van der Waals surface area contributed by atoms with Gasteiger partial charge in [0.05, 0.1) is 11.0 Å². The van der Waals surface area contributed by atoms with Crippen molar-refractivity contribution in [3.05, 3.63) is 83.9 Å². The van der Waals surface area contributed by atoms with Gasteiger partial charge in [0.1, 0.15) is 11.0 Å². The third-order valence-electron chi connectivity index (χ3n) is 5.83. The molecule has 0 saturated carbocycles. The van der Waals surface area contributed by atoms with Crippen LogP contribution in [0.5, 0.6) is 0 Å². The number of benzene rings is 3. The lowest BCUT2D eigenvalue weighted by molar-refractivity contribution is 0.0890. The van der Waals surface area contributed by atoms with E-state index in [1.807, 2.05) is 72.8 Å². The molecule has 3 aromatic carbocycles. The standard InChI is InChI=1S/C24H22N6O/c1-3-16(2)17-12-14-18(15-13-17)23(31)24(29-21-10-6-4-8-19(21)25-27-29)30-22-11-7-5-9-20(22)26-28-30/h4-16,24H,3H2,1-2H3. The summed E-state index contributed by atoms with van der Waals surface area (Å²) in [6, 6.07) is 23.0. The fourth-order valence-electron chi connectivity index (χ4n) is 3.82. The summed E-state index contributed by atoms with van der Waals surface area (Å²) in [7, 11) is 0. The molecule has 7 nitrogen and oxygen atoms in total. The van der Waals surface area contributed by atoms with Crippen LogP contribution in [0.15, 0.2) is 72.8 Å². The van der Waals surface area contributed by atoms with E-state index in [0.29, 0.717) is 11.5 Å². The largest absolute Gasteiger partial charge is 0.290 e. The van der Waals surface area contributed by atoms with Crippen molar-refractivity contribution in [3.8, 4) is 0 Å². The molecular weight excluding hydrogens is 388 g/mol. The van der Waals surface area contributed by atoms with Crippen molar-refractivity contribution < 1.29 is 4.79 Å². The van der Waals surface area contributed by atoms with E-state index in [4.69, 9.17) is 0 Å². The lowest BCUT2D eigenvalue weighted by Crippen LogP contribution is -2.29. The molecule has 0 bridgehead atoms. The molecule has 0 aliphatic rings. The molecule has 31 heavy (non-hydrogen) atoms. The quantitative estimate of drug-likeness (QED) is 0.382. The van der Waals surface area contributed by atoms with Gasteiger partial charge in [-0.3, -0.25) is 4.79 Å². The van der Waals surface area contributed by atoms with Gasteiger partial charge < -0.3 is 0 Å². The molecule has 0 radical (unpaired) electrons. The monoisotopic (exact) mass is 410 g/mol. The fraction of sp³-hybridized carbons (Fsp3) is 0.208. The van der Waals surface area contributed by atoms with Crippen LogP contribution in [0.1, 0.15) is 48.3 Å². The first-order valence-corrected chi connectivity index (χ1v) is 10.4. The zero-order chi connectivity index (χ0) is 21.4. The molecule has 1 atom stereocenters. The van der Waals surface area contributed by atoms with Crippen LogP contribution in [0.2, 0.25) is 0 Å². The second kappa shape index (κ2) is 7.75. The molecule has 0 amide bonds. The molecule has 0 N–H and O–H groups in total. The summed E-state index contributed by atoms with van der Waals surface area (Å²) >= 11 is 0. The van der Waals surface area contributed by atoms with E-state index in [1.54, 1.807) is 9.36 Å². The molecule has 1 unspecified atom stereocenters. The van der Waals surface area contributed by atoms with E-state index in [9.17, 15) is 4.79 Å². The Kier molecular flexibility index (Phi) is 4.78. The molecule has 0 aliphatic heterocycles. The number of para-hydroxylation sites is 2. The van der Waals surface area contributed by atoms with E-state index >= 15 is 0 Å². The fourth-order valence-corrected chi connectivity index (χ4v) is 3.82. The molecule has 0 aliphatic carbocycles. The lowest BCUT2D eigenvalue weighted by atomic mass is 9.96. The Morgan fingerprint density at radius 1 is 0.806 bits per heavy atom. The third kappa shape index (κ3) is 3.28. The van der Waals surface area contributed by atoms with Crippen LogP contribution < -0.4 is 0 Å². The Hall–Kier alpha value is -3.87. The lowest BCUT2D eigenvalue weighted by Gasteiger charge is -2.18. The minimum absolute atomic E-state index is 0.123. The Bertz CT molecular complexity index is 1290. The summed E-state index contributed by atoms with van der Waals surface area (Å²) in [5, 5.41) is 17.1. The van der Waals surface area contributed by atoms with Gasteiger partial charge in [0.15, 0.2) is 0 Å². The minimum Gasteiger partial charge on any atom is -0.290 e. The molecule has 5 aromatic rings. The zero-order valence-electron chi connectivity index (χ0n) is 17.4. The first kappa shape index (κ1) is 19.1. The van der Waals surface area contributed by atoms with Gasteiger partial charge in [-0.25, -0.2) is 9.36 Å². The molecule has 0 fully saturated rings. The van der Waals surface area contributed by atoms with Gasteiger partial charge in [-0.05, 0) is 42.2 Å². The van der Waals surface area contributed by atoms with E-state index < -0.39 is 6.17 Å². The molecule has 154 valence electrons. The number of carbonyl (C=O) groups is 1. The summed E-state index contributed by atoms with van der Waals surface area (Å²) in [4.78, 5) is 13.8. The van der Waals surface area contributed by atoms with Crippen LogP contribution in [-0.2, 0) is 0 Å². The van der Waals surface area contributed by atoms with Gasteiger partial charge in [-0.2, -0.15) is 0 Å². The van der Waals surface area contributed by atoms with Crippen LogP contribution in [0.3, 0.4) is 0 Å². The predicted molar refractivity (Wildman–Crippen MR) is 119 cm³/mol. The van der Waals surface area contributed by atoms with E-state index in [-0.39, 0.29) is 5.78 Å². The van der Waals surface area contributed by atoms with Gasteiger partial charge in [0, 0.05) is 5.56 Å². The first-order valence-electron chi connectivity index (χ1n) is 10.4. The molecule has 5 rings (SSSR count). The van der Waals surface area contributed by atoms with Gasteiger partial charge in [0.2, 0.25) is 11.9 Å². The van der Waals surface area contributed by atoms with Crippen molar-refractivity contribution in [2.75, 3.05) is 0 Å². The summed E-state index contributed by atoms with van der Waals surface area (Å²) in [5.74, 6) is 0.320. The van der Waals surface area contributed by atoms with Gasteiger partial charge in [0.25, 0.3) is 0 Å². The molecule has 7 heteroatoms. The van der Waals surface area contributed by atoms with Crippen LogP contribution in [0.25, 0.3) is 22.1 Å². The van der Waals surface area contributed by atoms with Crippen molar-refractivity contribution in [2.24, 2.45) is 0 Å². The molecular formula is C24H22N6O. The Morgan fingerprint density at radius 2 is 1.32 bits per heavy atom. The van der Waals surface area contributed by atoms with Crippen molar-refractivity contribution in [1.29, 1.82) is 0 Å². The summed E-state index contributed by atoms with van der Waals surface area (Å²) in [6.07, 6.45) is 0.209.